The first-order chi connectivity index (χ1) is 9.65. The molecule has 0 aliphatic heterocycles. The number of nitriles is 1. The minimum atomic E-state index is -0.566. The average molecular weight is 273 g/mol. The van der Waals surface area contributed by atoms with E-state index in [4.69, 9.17) is 10.00 Å². The minimum Gasteiger partial charge on any atom is -0.462 e. The highest BCUT2D eigenvalue weighted by molar-refractivity contribution is 5.88. The lowest BCUT2D eigenvalue weighted by atomic mass is 10.1. The van der Waals surface area contributed by atoms with Crippen LogP contribution in [0.5, 0.6) is 0 Å². The number of carbonyl (C=O) groups excluding carboxylic acids is 1. The Bertz CT molecular complexity index is 673. The molecule has 0 spiro atoms. The zero-order valence-corrected chi connectivity index (χ0v) is 10.8. The summed E-state index contributed by atoms with van der Waals surface area (Å²) in [5.74, 6) is -1.03. The summed E-state index contributed by atoms with van der Waals surface area (Å²) in [7, 11) is 0. The van der Waals surface area contributed by atoms with Gasteiger partial charge in [0.2, 0.25) is 0 Å². The van der Waals surface area contributed by atoms with Gasteiger partial charge in [-0.05, 0) is 13.0 Å². The molecule has 0 saturated heterocycles. The first kappa shape index (κ1) is 13.7. The van der Waals surface area contributed by atoms with E-state index in [1.165, 1.54) is 23.1 Å². The van der Waals surface area contributed by atoms with Crippen molar-refractivity contribution in [3.8, 4) is 6.07 Å². The van der Waals surface area contributed by atoms with E-state index in [0.29, 0.717) is 11.1 Å². The summed E-state index contributed by atoms with van der Waals surface area (Å²) in [6.07, 6.45) is 2.85. The molecular formula is C14H12FN3O2. The van der Waals surface area contributed by atoms with E-state index in [-0.39, 0.29) is 18.7 Å². The van der Waals surface area contributed by atoms with Crippen LogP contribution in [0.15, 0.2) is 30.6 Å². The second-order valence-electron chi connectivity index (χ2n) is 4.04. The van der Waals surface area contributed by atoms with E-state index in [0.717, 1.165) is 0 Å². The fourth-order valence-corrected chi connectivity index (χ4v) is 1.73. The number of nitrogens with zero attached hydrogens (tertiary/aromatic N) is 3. The van der Waals surface area contributed by atoms with Crippen LogP contribution in [0.25, 0.3) is 0 Å². The van der Waals surface area contributed by atoms with Crippen LogP contribution < -0.4 is 0 Å². The topological polar surface area (TPSA) is 67.9 Å². The minimum absolute atomic E-state index is 0.0136. The zero-order chi connectivity index (χ0) is 14.5. The monoisotopic (exact) mass is 273 g/mol. The smallest absolute Gasteiger partial charge is 0.341 e. The molecule has 0 aliphatic rings. The summed E-state index contributed by atoms with van der Waals surface area (Å²) < 4.78 is 20.2. The van der Waals surface area contributed by atoms with Crippen LogP contribution in [0.1, 0.15) is 28.4 Å². The van der Waals surface area contributed by atoms with Gasteiger partial charge in [0.25, 0.3) is 0 Å². The maximum Gasteiger partial charge on any atom is 0.341 e. The summed E-state index contributed by atoms with van der Waals surface area (Å²) >= 11 is 0. The SMILES string of the molecule is CCOC(=O)c1cnn(Cc2cccc(C#N)c2F)c1. The molecule has 1 aromatic carbocycles. The van der Waals surface area contributed by atoms with Gasteiger partial charge < -0.3 is 4.74 Å². The number of carbonyl (C=O) groups is 1. The number of halogens is 1. The highest BCUT2D eigenvalue weighted by atomic mass is 19.1. The number of benzene rings is 1. The molecule has 20 heavy (non-hydrogen) atoms. The van der Waals surface area contributed by atoms with Crippen molar-refractivity contribution in [1.82, 2.24) is 9.78 Å². The molecule has 0 N–H and O–H groups in total. The molecule has 2 rings (SSSR count). The molecule has 0 atom stereocenters. The molecule has 0 saturated carbocycles. The molecule has 0 radical (unpaired) electrons. The standard InChI is InChI=1S/C14H12FN3O2/c1-2-20-14(19)12-7-17-18(9-12)8-11-5-3-4-10(6-16)13(11)15/h3-5,7,9H,2,8H2,1H3. The van der Waals surface area contributed by atoms with Gasteiger partial charge in [-0.1, -0.05) is 12.1 Å². The summed E-state index contributed by atoms with van der Waals surface area (Å²) in [5, 5.41) is 12.7. The molecule has 2 aromatic rings. The largest absolute Gasteiger partial charge is 0.462 e. The maximum atomic E-state index is 13.9. The molecule has 0 unspecified atom stereocenters. The van der Waals surface area contributed by atoms with Gasteiger partial charge in [0, 0.05) is 11.8 Å². The van der Waals surface area contributed by atoms with Crippen LogP contribution in [-0.4, -0.2) is 22.4 Å². The maximum absolute atomic E-state index is 13.9. The van der Waals surface area contributed by atoms with E-state index in [1.54, 1.807) is 25.1 Å². The van der Waals surface area contributed by atoms with Crippen molar-refractivity contribution < 1.29 is 13.9 Å². The van der Waals surface area contributed by atoms with Crippen molar-refractivity contribution in [3.63, 3.8) is 0 Å². The van der Waals surface area contributed by atoms with Crippen LogP contribution in [0.3, 0.4) is 0 Å². The number of esters is 1. The lowest BCUT2D eigenvalue weighted by Gasteiger charge is -2.04. The molecule has 0 fully saturated rings. The summed E-state index contributed by atoms with van der Waals surface area (Å²) in [4.78, 5) is 11.5. The second-order valence-corrected chi connectivity index (χ2v) is 4.04. The van der Waals surface area contributed by atoms with Crippen molar-refractivity contribution >= 4 is 5.97 Å². The molecular weight excluding hydrogens is 261 g/mol. The molecule has 0 bridgehead atoms. The van der Waals surface area contributed by atoms with Crippen LogP contribution in [0.2, 0.25) is 0 Å². The molecule has 0 amide bonds. The molecule has 0 aliphatic carbocycles. The van der Waals surface area contributed by atoms with Crippen molar-refractivity contribution in [2.45, 2.75) is 13.5 Å². The Morgan fingerprint density at radius 1 is 1.55 bits per heavy atom. The number of hydrogen-bond donors (Lipinski definition) is 0. The third-order valence-corrected chi connectivity index (χ3v) is 2.68. The Balaban J connectivity index is 2.19. The van der Waals surface area contributed by atoms with E-state index in [2.05, 4.69) is 5.10 Å². The zero-order valence-electron chi connectivity index (χ0n) is 10.8. The summed E-state index contributed by atoms with van der Waals surface area (Å²) in [5.41, 5.74) is 0.631. The van der Waals surface area contributed by atoms with Gasteiger partial charge in [0.15, 0.2) is 0 Å². The van der Waals surface area contributed by atoms with Crippen LogP contribution in [0.4, 0.5) is 4.39 Å². The molecule has 6 heteroatoms. The third kappa shape index (κ3) is 2.83. The van der Waals surface area contributed by atoms with Crippen LogP contribution in [0, 0.1) is 17.1 Å². The van der Waals surface area contributed by atoms with E-state index >= 15 is 0 Å². The first-order valence-corrected chi connectivity index (χ1v) is 6.02. The van der Waals surface area contributed by atoms with Crippen LogP contribution >= 0.6 is 0 Å². The highest BCUT2D eigenvalue weighted by Crippen LogP contribution is 2.13. The highest BCUT2D eigenvalue weighted by Gasteiger charge is 2.12. The van der Waals surface area contributed by atoms with E-state index in [9.17, 15) is 9.18 Å². The normalized spacial score (nSPS) is 10.1. The molecule has 1 aromatic heterocycles. The lowest BCUT2D eigenvalue weighted by Crippen LogP contribution is -2.05. The van der Waals surface area contributed by atoms with Gasteiger partial charge in [-0.25, -0.2) is 9.18 Å². The Labute approximate surface area is 115 Å². The Morgan fingerprint density at radius 3 is 3.05 bits per heavy atom. The summed E-state index contributed by atoms with van der Waals surface area (Å²) in [6.45, 7) is 2.13. The van der Waals surface area contributed by atoms with Gasteiger partial charge in [0.1, 0.15) is 11.9 Å². The first-order valence-electron chi connectivity index (χ1n) is 6.02. The molecule has 1 heterocycles. The van der Waals surface area contributed by atoms with Gasteiger partial charge >= 0.3 is 5.97 Å². The predicted molar refractivity (Wildman–Crippen MR) is 68.4 cm³/mol. The molecule has 5 nitrogen and oxygen atoms in total. The number of ether oxygens (including phenoxy) is 1. The Kier molecular flexibility index (Phi) is 4.11. The second kappa shape index (κ2) is 5.97. The van der Waals surface area contributed by atoms with Crippen molar-refractivity contribution in [2.24, 2.45) is 0 Å². The Morgan fingerprint density at radius 2 is 2.35 bits per heavy atom. The van der Waals surface area contributed by atoms with Gasteiger partial charge in [-0.2, -0.15) is 10.4 Å². The van der Waals surface area contributed by atoms with Crippen molar-refractivity contribution in [1.29, 1.82) is 5.26 Å². The Hall–Kier alpha value is -2.68. The van der Waals surface area contributed by atoms with Crippen LogP contribution in [-0.2, 0) is 11.3 Å². The fourth-order valence-electron chi connectivity index (χ4n) is 1.73. The lowest BCUT2D eigenvalue weighted by molar-refractivity contribution is 0.0526. The predicted octanol–water partition coefficient (Wildman–Crippen LogP) is 2.12. The number of rotatable bonds is 4. The van der Waals surface area contributed by atoms with Gasteiger partial charge in [-0.15, -0.1) is 0 Å². The number of aromatic nitrogens is 2. The van der Waals surface area contributed by atoms with E-state index < -0.39 is 11.8 Å². The third-order valence-electron chi connectivity index (χ3n) is 2.68. The van der Waals surface area contributed by atoms with Gasteiger partial charge in [-0.3, -0.25) is 4.68 Å². The van der Waals surface area contributed by atoms with E-state index in [1.807, 2.05) is 0 Å². The van der Waals surface area contributed by atoms with Crippen molar-refractivity contribution in [3.05, 3.63) is 53.1 Å². The van der Waals surface area contributed by atoms with Gasteiger partial charge in [0.05, 0.1) is 30.5 Å². The molecule has 102 valence electrons. The van der Waals surface area contributed by atoms with Crippen molar-refractivity contribution in [2.75, 3.05) is 6.61 Å². The fraction of sp³-hybridized carbons (Fsp3) is 0.214. The number of hydrogen-bond acceptors (Lipinski definition) is 4. The summed E-state index contributed by atoms with van der Waals surface area (Å²) in [6, 6.07) is 6.37. The average Bonchev–Trinajstić information content (AvgIpc) is 2.90. The quantitative estimate of drug-likeness (QED) is 0.800.